The number of sulfonamides is 1. The lowest BCUT2D eigenvalue weighted by molar-refractivity contribution is -0.117. The molecule has 0 radical (unpaired) electrons. The fourth-order valence-corrected chi connectivity index (χ4v) is 3.47. The molecule has 1 aliphatic heterocycles. The zero-order valence-electron chi connectivity index (χ0n) is 11.8. The summed E-state index contributed by atoms with van der Waals surface area (Å²) in [7, 11) is -1.37. The van der Waals surface area contributed by atoms with Gasteiger partial charge in [-0.15, -0.1) is 0 Å². The fourth-order valence-electron chi connectivity index (χ4n) is 2.37. The van der Waals surface area contributed by atoms with Gasteiger partial charge in [-0.1, -0.05) is 19.1 Å². The van der Waals surface area contributed by atoms with Gasteiger partial charge < -0.3 is 4.90 Å². The Bertz CT molecular complexity index is 611. The Balaban J connectivity index is 1.96. The molecule has 1 aromatic carbocycles. The number of rotatable bonds is 6. The summed E-state index contributed by atoms with van der Waals surface area (Å²) < 4.78 is 25.7. The van der Waals surface area contributed by atoms with Crippen LogP contribution in [0.2, 0.25) is 0 Å². The monoisotopic (exact) mass is 296 g/mol. The van der Waals surface area contributed by atoms with Crippen LogP contribution in [0.25, 0.3) is 0 Å². The van der Waals surface area contributed by atoms with Crippen LogP contribution >= 0.6 is 0 Å². The Morgan fingerprint density at radius 3 is 2.80 bits per heavy atom. The molecule has 1 aromatic rings. The highest BCUT2D eigenvalue weighted by Crippen LogP contribution is 2.28. The summed E-state index contributed by atoms with van der Waals surface area (Å²) in [5.74, 6) is 0.261. The Morgan fingerprint density at radius 2 is 2.10 bits per heavy atom. The summed E-state index contributed by atoms with van der Waals surface area (Å²) in [5, 5.41) is 0. The van der Waals surface area contributed by atoms with Crippen LogP contribution in [0.5, 0.6) is 0 Å². The highest BCUT2D eigenvalue weighted by molar-refractivity contribution is 7.89. The standard InChI is InChI=1S/C14H20N2O3S/c1-3-8-20(18,19)15-7-6-11-4-5-13-12(9-11)10-14(17)16(13)2/h4-5,9,15H,3,6-8,10H2,1-2H3. The molecule has 0 atom stereocenters. The first-order valence-corrected chi connectivity index (χ1v) is 8.44. The molecule has 0 fully saturated rings. The Labute approximate surface area is 120 Å². The van der Waals surface area contributed by atoms with Gasteiger partial charge in [-0.2, -0.15) is 0 Å². The van der Waals surface area contributed by atoms with Crippen molar-refractivity contribution in [3.8, 4) is 0 Å². The maximum atomic E-state index is 11.6. The molecular weight excluding hydrogens is 276 g/mol. The zero-order valence-corrected chi connectivity index (χ0v) is 12.7. The number of amides is 1. The van der Waals surface area contributed by atoms with E-state index in [9.17, 15) is 13.2 Å². The number of fused-ring (bicyclic) bond motifs is 1. The van der Waals surface area contributed by atoms with Crippen LogP contribution in [0.4, 0.5) is 5.69 Å². The zero-order chi connectivity index (χ0) is 14.8. The van der Waals surface area contributed by atoms with Crippen LogP contribution in [0.15, 0.2) is 18.2 Å². The SMILES string of the molecule is CCCS(=O)(=O)NCCc1ccc2c(c1)CC(=O)N2C. The van der Waals surface area contributed by atoms with Gasteiger partial charge in [0.05, 0.1) is 12.2 Å². The van der Waals surface area contributed by atoms with Gasteiger partial charge in [0.25, 0.3) is 0 Å². The molecule has 5 nitrogen and oxygen atoms in total. The van der Waals surface area contributed by atoms with Crippen LogP contribution < -0.4 is 9.62 Å². The number of carbonyl (C=O) groups is 1. The number of hydrogen-bond donors (Lipinski definition) is 1. The van der Waals surface area contributed by atoms with Gasteiger partial charge in [0, 0.05) is 19.3 Å². The van der Waals surface area contributed by atoms with Crippen molar-refractivity contribution >= 4 is 21.6 Å². The topological polar surface area (TPSA) is 66.5 Å². The van der Waals surface area contributed by atoms with Crippen molar-refractivity contribution in [2.45, 2.75) is 26.2 Å². The molecule has 20 heavy (non-hydrogen) atoms. The second kappa shape index (κ2) is 5.93. The Kier molecular flexibility index (Phi) is 4.45. The first kappa shape index (κ1) is 15.0. The first-order chi connectivity index (χ1) is 9.43. The molecule has 1 N–H and O–H groups in total. The van der Waals surface area contributed by atoms with Crippen molar-refractivity contribution in [3.63, 3.8) is 0 Å². The number of benzene rings is 1. The third kappa shape index (κ3) is 3.37. The van der Waals surface area contributed by atoms with E-state index in [0.717, 1.165) is 16.8 Å². The van der Waals surface area contributed by atoms with Crippen molar-refractivity contribution in [3.05, 3.63) is 29.3 Å². The summed E-state index contributed by atoms with van der Waals surface area (Å²) in [6.07, 6.45) is 1.68. The molecule has 6 heteroatoms. The quantitative estimate of drug-likeness (QED) is 0.854. The van der Waals surface area contributed by atoms with E-state index in [1.54, 1.807) is 11.9 Å². The van der Waals surface area contributed by atoms with Crippen molar-refractivity contribution < 1.29 is 13.2 Å². The van der Waals surface area contributed by atoms with Gasteiger partial charge >= 0.3 is 0 Å². The second-order valence-electron chi connectivity index (χ2n) is 5.06. The van der Waals surface area contributed by atoms with E-state index in [-0.39, 0.29) is 11.7 Å². The molecule has 0 unspecified atom stereocenters. The molecule has 0 aromatic heterocycles. The minimum absolute atomic E-state index is 0.0980. The molecule has 2 rings (SSSR count). The Hall–Kier alpha value is -1.40. The molecule has 0 saturated carbocycles. The number of nitrogens with zero attached hydrogens (tertiary/aromatic N) is 1. The van der Waals surface area contributed by atoms with Crippen molar-refractivity contribution in [1.82, 2.24) is 4.72 Å². The lowest BCUT2D eigenvalue weighted by atomic mass is 10.1. The van der Waals surface area contributed by atoms with E-state index >= 15 is 0 Å². The van der Waals surface area contributed by atoms with E-state index < -0.39 is 10.0 Å². The molecule has 110 valence electrons. The number of anilines is 1. The smallest absolute Gasteiger partial charge is 0.231 e. The molecule has 0 spiro atoms. The van der Waals surface area contributed by atoms with Crippen molar-refractivity contribution in [2.75, 3.05) is 24.2 Å². The van der Waals surface area contributed by atoms with Gasteiger partial charge in [-0.3, -0.25) is 4.79 Å². The predicted octanol–water partition coefficient (Wildman–Crippen LogP) is 1.08. The Morgan fingerprint density at radius 1 is 1.35 bits per heavy atom. The summed E-state index contributed by atoms with van der Waals surface area (Å²) in [5.41, 5.74) is 3.02. The van der Waals surface area contributed by atoms with Gasteiger partial charge in [-0.05, 0) is 30.0 Å². The molecule has 0 saturated heterocycles. The molecule has 1 heterocycles. The lowest BCUT2D eigenvalue weighted by Crippen LogP contribution is -2.28. The maximum Gasteiger partial charge on any atom is 0.231 e. The van der Waals surface area contributed by atoms with E-state index in [4.69, 9.17) is 0 Å². The van der Waals surface area contributed by atoms with Gasteiger partial charge in [0.1, 0.15) is 0 Å². The third-order valence-electron chi connectivity index (χ3n) is 3.43. The summed E-state index contributed by atoms with van der Waals surface area (Å²) in [6, 6.07) is 5.86. The van der Waals surface area contributed by atoms with E-state index in [1.807, 2.05) is 25.1 Å². The van der Waals surface area contributed by atoms with Crippen LogP contribution in [0.1, 0.15) is 24.5 Å². The van der Waals surface area contributed by atoms with Gasteiger partial charge in [0.15, 0.2) is 0 Å². The minimum atomic E-state index is -3.14. The number of likely N-dealkylation sites (N-methyl/N-ethyl adjacent to an activating group) is 1. The predicted molar refractivity (Wildman–Crippen MR) is 79.3 cm³/mol. The molecule has 1 amide bonds. The van der Waals surface area contributed by atoms with Crippen LogP contribution in [-0.2, 0) is 27.7 Å². The highest BCUT2D eigenvalue weighted by Gasteiger charge is 2.23. The number of carbonyl (C=O) groups excluding carboxylic acids is 1. The van der Waals surface area contributed by atoms with E-state index in [2.05, 4.69) is 4.72 Å². The molecule has 0 bridgehead atoms. The van der Waals surface area contributed by atoms with Crippen LogP contribution in [0, 0.1) is 0 Å². The first-order valence-electron chi connectivity index (χ1n) is 6.78. The average molecular weight is 296 g/mol. The second-order valence-corrected chi connectivity index (χ2v) is 6.98. The highest BCUT2D eigenvalue weighted by atomic mass is 32.2. The minimum Gasteiger partial charge on any atom is -0.315 e. The van der Waals surface area contributed by atoms with Gasteiger partial charge in [-0.25, -0.2) is 13.1 Å². The third-order valence-corrected chi connectivity index (χ3v) is 5.02. The molecular formula is C14H20N2O3S. The summed E-state index contributed by atoms with van der Waals surface area (Å²) in [6.45, 7) is 2.23. The summed E-state index contributed by atoms with van der Waals surface area (Å²) in [4.78, 5) is 13.2. The maximum absolute atomic E-state index is 11.6. The van der Waals surface area contributed by atoms with E-state index in [0.29, 0.717) is 25.8 Å². The summed E-state index contributed by atoms with van der Waals surface area (Å²) >= 11 is 0. The number of nitrogens with one attached hydrogen (secondary N) is 1. The lowest BCUT2D eigenvalue weighted by Gasteiger charge is -2.11. The average Bonchev–Trinajstić information content (AvgIpc) is 2.64. The van der Waals surface area contributed by atoms with Crippen molar-refractivity contribution in [2.24, 2.45) is 0 Å². The van der Waals surface area contributed by atoms with Crippen LogP contribution in [-0.4, -0.2) is 33.7 Å². The largest absolute Gasteiger partial charge is 0.315 e. The van der Waals surface area contributed by atoms with E-state index in [1.165, 1.54) is 0 Å². The molecule has 1 aliphatic rings. The van der Waals surface area contributed by atoms with Gasteiger partial charge in [0.2, 0.25) is 15.9 Å². The van der Waals surface area contributed by atoms with Crippen molar-refractivity contribution in [1.29, 1.82) is 0 Å². The molecule has 0 aliphatic carbocycles. The fraction of sp³-hybridized carbons (Fsp3) is 0.500. The van der Waals surface area contributed by atoms with Crippen LogP contribution in [0.3, 0.4) is 0 Å². The normalized spacial score (nSPS) is 14.7. The number of hydrogen-bond acceptors (Lipinski definition) is 3.